The quantitative estimate of drug-likeness (QED) is 0.578. The summed E-state index contributed by atoms with van der Waals surface area (Å²) in [5.41, 5.74) is 0.846. The molecule has 1 unspecified atom stereocenters. The highest BCUT2D eigenvalue weighted by molar-refractivity contribution is 6.32. The Hall–Kier alpha value is -2.86. The predicted octanol–water partition coefficient (Wildman–Crippen LogP) is 4.41. The molecule has 0 amide bonds. The van der Waals surface area contributed by atoms with Crippen LogP contribution in [-0.2, 0) is 4.79 Å². The van der Waals surface area contributed by atoms with Crippen molar-refractivity contribution in [3.8, 4) is 17.2 Å². The summed E-state index contributed by atoms with van der Waals surface area (Å²) >= 11 is 6.13. The van der Waals surface area contributed by atoms with E-state index in [0.29, 0.717) is 35.5 Å². The molecule has 7 heteroatoms. The van der Waals surface area contributed by atoms with E-state index in [1.807, 2.05) is 24.3 Å². The highest BCUT2D eigenvalue weighted by Crippen LogP contribution is 2.29. The summed E-state index contributed by atoms with van der Waals surface area (Å²) in [6, 6.07) is 12.0. The topological polar surface area (TPSA) is 69.9 Å². The smallest absolute Gasteiger partial charge is 0.326 e. The number of hydrogen-bond donors (Lipinski definition) is 1. The van der Waals surface area contributed by atoms with Crippen LogP contribution < -0.4 is 14.2 Å². The molecule has 0 saturated carbocycles. The number of benzene rings is 2. The first-order valence-electron chi connectivity index (χ1n) is 8.42. The fourth-order valence-electron chi connectivity index (χ4n) is 2.73. The number of carboxylic acids is 1. The van der Waals surface area contributed by atoms with Crippen LogP contribution >= 0.6 is 11.6 Å². The van der Waals surface area contributed by atoms with E-state index in [1.165, 1.54) is 0 Å². The average Bonchev–Trinajstić information content (AvgIpc) is 3.08. The van der Waals surface area contributed by atoms with Gasteiger partial charge in [-0.05, 0) is 43.3 Å². The third-order valence-corrected chi connectivity index (χ3v) is 4.51. The standard InChI is InChI=1S/C20H20ClNO5/c1-13(20(23)24)22-8-7-14-11-16(3-5-18(14)22)26-9-10-27-19-6-4-15(25-2)12-17(19)21/h3-8,11-13H,9-10H2,1-2H3,(H,23,24). The van der Waals surface area contributed by atoms with Crippen LogP contribution in [0.1, 0.15) is 13.0 Å². The summed E-state index contributed by atoms with van der Waals surface area (Å²) in [5, 5.41) is 10.6. The molecule has 1 aromatic heterocycles. The Kier molecular flexibility index (Phi) is 5.76. The summed E-state index contributed by atoms with van der Waals surface area (Å²) in [4.78, 5) is 11.2. The fraction of sp³-hybridized carbons (Fsp3) is 0.250. The molecule has 0 aliphatic carbocycles. The van der Waals surface area contributed by atoms with Crippen molar-refractivity contribution in [2.75, 3.05) is 20.3 Å². The van der Waals surface area contributed by atoms with Gasteiger partial charge in [-0.25, -0.2) is 4.79 Å². The van der Waals surface area contributed by atoms with Crippen molar-refractivity contribution in [1.29, 1.82) is 0 Å². The third kappa shape index (κ3) is 4.28. The molecule has 27 heavy (non-hydrogen) atoms. The van der Waals surface area contributed by atoms with Crippen LogP contribution in [0.25, 0.3) is 10.9 Å². The number of aliphatic carboxylic acids is 1. The van der Waals surface area contributed by atoms with Gasteiger partial charge in [-0.2, -0.15) is 0 Å². The molecule has 142 valence electrons. The van der Waals surface area contributed by atoms with Gasteiger partial charge in [0.2, 0.25) is 0 Å². The number of halogens is 1. The van der Waals surface area contributed by atoms with Gasteiger partial charge in [0.25, 0.3) is 0 Å². The first kappa shape index (κ1) is 18.9. The number of carboxylic acid groups (broad SMARTS) is 1. The third-order valence-electron chi connectivity index (χ3n) is 4.22. The molecule has 3 aromatic rings. The molecule has 0 spiro atoms. The van der Waals surface area contributed by atoms with Gasteiger partial charge < -0.3 is 23.9 Å². The molecule has 0 radical (unpaired) electrons. The summed E-state index contributed by atoms with van der Waals surface area (Å²) in [5.74, 6) is 1.05. The minimum absolute atomic E-state index is 0.334. The second-order valence-corrected chi connectivity index (χ2v) is 6.36. The maximum Gasteiger partial charge on any atom is 0.326 e. The maximum atomic E-state index is 11.2. The minimum Gasteiger partial charge on any atom is -0.497 e. The van der Waals surface area contributed by atoms with Crippen molar-refractivity contribution in [3.63, 3.8) is 0 Å². The molecule has 2 aromatic carbocycles. The molecule has 0 aliphatic rings. The van der Waals surface area contributed by atoms with E-state index in [-0.39, 0.29) is 0 Å². The number of methoxy groups -OCH3 is 1. The van der Waals surface area contributed by atoms with Gasteiger partial charge in [-0.15, -0.1) is 0 Å². The summed E-state index contributed by atoms with van der Waals surface area (Å²) in [6.07, 6.45) is 1.77. The molecular weight excluding hydrogens is 370 g/mol. The molecule has 0 fully saturated rings. The first-order chi connectivity index (χ1) is 13.0. The number of carbonyl (C=O) groups is 1. The number of rotatable bonds is 8. The van der Waals surface area contributed by atoms with Gasteiger partial charge in [-0.1, -0.05) is 11.6 Å². The SMILES string of the molecule is COc1ccc(OCCOc2ccc3c(ccn3C(C)C(=O)O)c2)c(Cl)c1. The van der Waals surface area contributed by atoms with Gasteiger partial charge in [0, 0.05) is 23.2 Å². The van der Waals surface area contributed by atoms with Crippen molar-refractivity contribution in [3.05, 3.63) is 53.7 Å². The number of nitrogens with zero attached hydrogens (tertiary/aromatic N) is 1. The van der Waals surface area contributed by atoms with Crippen LogP contribution in [0.2, 0.25) is 5.02 Å². The van der Waals surface area contributed by atoms with Crippen LogP contribution in [0.5, 0.6) is 17.2 Å². The Morgan fingerprint density at radius 2 is 1.85 bits per heavy atom. The Morgan fingerprint density at radius 1 is 1.11 bits per heavy atom. The number of fused-ring (bicyclic) bond motifs is 1. The Labute approximate surface area is 161 Å². The highest BCUT2D eigenvalue weighted by Gasteiger charge is 2.15. The summed E-state index contributed by atoms with van der Waals surface area (Å²) in [7, 11) is 1.58. The van der Waals surface area contributed by atoms with E-state index in [0.717, 1.165) is 10.9 Å². The first-order valence-corrected chi connectivity index (χ1v) is 8.80. The molecule has 0 saturated heterocycles. The van der Waals surface area contributed by atoms with Crippen LogP contribution in [0.4, 0.5) is 0 Å². The lowest BCUT2D eigenvalue weighted by molar-refractivity contribution is -0.140. The van der Waals surface area contributed by atoms with E-state index in [2.05, 4.69) is 0 Å². The lowest BCUT2D eigenvalue weighted by atomic mass is 10.2. The molecule has 6 nitrogen and oxygen atoms in total. The predicted molar refractivity (Wildman–Crippen MR) is 103 cm³/mol. The van der Waals surface area contributed by atoms with Crippen molar-refractivity contribution < 1.29 is 24.1 Å². The summed E-state index contributed by atoms with van der Waals surface area (Å²) < 4.78 is 18.2. The van der Waals surface area contributed by atoms with E-state index in [4.69, 9.17) is 25.8 Å². The average molecular weight is 390 g/mol. The Bertz CT molecular complexity index is 953. The van der Waals surface area contributed by atoms with E-state index >= 15 is 0 Å². The van der Waals surface area contributed by atoms with Crippen molar-refractivity contribution in [2.45, 2.75) is 13.0 Å². The second kappa shape index (κ2) is 8.22. The normalized spacial score (nSPS) is 12.0. The maximum absolute atomic E-state index is 11.2. The monoisotopic (exact) mass is 389 g/mol. The zero-order valence-electron chi connectivity index (χ0n) is 15.0. The summed E-state index contributed by atoms with van der Waals surface area (Å²) in [6.45, 7) is 2.33. The molecule has 0 aliphatic heterocycles. The van der Waals surface area contributed by atoms with E-state index < -0.39 is 12.0 Å². The Balaban J connectivity index is 1.58. The minimum atomic E-state index is -0.873. The fourth-order valence-corrected chi connectivity index (χ4v) is 2.95. The lowest BCUT2D eigenvalue weighted by Crippen LogP contribution is -2.14. The van der Waals surface area contributed by atoms with Crippen molar-refractivity contribution in [2.24, 2.45) is 0 Å². The molecule has 1 N–H and O–H groups in total. The van der Waals surface area contributed by atoms with Crippen LogP contribution in [-0.4, -0.2) is 36.0 Å². The lowest BCUT2D eigenvalue weighted by Gasteiger charge is -2.12. The van der Waals surface area contributed by atoms with Crippen molar-refractivity contribution >= 4 is 28.5 Å². The largest absolute Gasteiger partial charge is 0.497 e. The van der Waals surface area contributed by atoms with E-state index in [1.54, 1.807) is 43.0 Å². The highest BCUT2D eigenvalue weighted by atomic mass is 35.5. The van der Waals surface area contributed by atoms with Crippen LogP contribution in [0, 0.1) is 0 Å². The number of aromatic nitrogens is 1. The van der Waals surface area contributed by atoms with Gasteiger partial charge in [0.05, 0.1) is 12.1 Å². The molecular formula is C20H20ClNO5. The van der Waals surface area contributed by atoms with Crippen molar-refractivity contribution in [1.82, 2.24) is 4.57 Å². The van der Waals surface area contributed by atoms with Gasteiger partial charge >= 0.3 is 5.97 Å². The number of hydrogen-bond acceptors (Lipinski definition) is 4. The van der Waals surface area contributed by atoms with E-state index in [9.17, 15) is 9.90 Å². The molecule has 1 atom stereocenters. The Morgan fingerprint density at radius 3 is 2.56 bits per heavy atom. The molecule has 0 bridgehead atoms. The molecule has 3 rings (SSSR count). The zero-order chi connectivity index (χ0) is 19.4. The van der Waals surface area contributed by atoms with Gasteiger partial charge in [-0.3, -0.25) is 0 Å². The van der Waals surface area contributed by atoms with Crippen LogP contribution in [0.3, 0.4) is 0 Å². The zero-order valence-corrected chi connectivity index (χ0v) is 15.8. The number of ether oxygens (including phenoxy) is 3. The van der Waals surface area contributed by atoms with Gasteiger partial charge in [0.1, 0.15) is 36.5 Å². The second-order valence-electron chi connectivity index (χ2n) is 5.95. The van der Waals surface area contributed by atoms with Crippen LogP contribution in [0.15, 0.2) is 48.7 Å². The molecule has 1 heterocycles. The van der Waals surface area contributed by atoms with Gasteiger partial charge in [0.15, 0.2) is 0 Å².